The lowest BCUT2D eigenvalue weighted by molar-refractivity contribution is -0.127. The predicted octanol–water partition coefficient (Wildman–Crippen LogP) is 1.67. The molecule has 0 bridgehead atoms. The van der Waals surface area contributed by atoms with Crippen LogP contribution in [0.5, 0.6) is 0 Å². The van der Waals surface area contributed by atoms with Crippen molar-refractivity contribution in [1.29, 1.82) is 0 Å². The summed E-state index contributed by atoms with van der Waals surface area (Å²) >= 11 is 0. The molecule has 0 spiro atoms. The van der Waals surface area contributed by atoms with Gasteiger partial charge < -0.3 is 11.1 Å². The van der Waals surface area contributed by atoms with Gasteiger partial charge in [-0.05, 0) is 44.4 Å². The van der Waals surface area contributed by atoms with Crippen LogP contribution in [0.25, 0.3) is 0 Å². The predicted molar refractivity (Wildman–Crippen MR) is 64.8 cm³/mol. The highest BCUT2D eigenvalue weighted by atomic mass is 16.2. The lowest BCUT2D eigenvalue weighted by atomic mass is 9.92. The molecule has 0 radical (unpaired) electrons. The van der Waals surface area contributed by atoms with Gasteiger partial charge in [0.2, 0.25) is 5.91 Å². The van der Waals surface area contributed by atoms with E-state index in [1.54, 1.807) is 0 Å². The first kappa shape index (κ1) is 11.9. The molecule has 0 saturated heterocycles. The summed E-state index contributed by atoms with van der Waals surface area (Å²) in [4.78, 5) is 12.2. The zero-order valence-corrected chi connectivity index (χ0v) is 10.5. The van der Waals surface area contributed by atoms with Gasteiger partial charge in [0.15, 0.2) is 0 Å². The molecule has 0 aromatic heterocycles. The molecule has 1 amide bonds. The van der Waals surface area contributed by atoms with Crippen LogP contribution in [0.1, 0.15) is 46.0 Å². The van der Waals surface area contributed by atoms with Gasteiger partial charge in [0, 0.05) is 12.5 Å². The van der Waals surface area contributed by atoms with Gasteiger partial charge in [-0.15, -0.1) is 0 Å². The number of hydrogen-bond donors (Lipinski definition) is 2. The molecule has 3 N–H and O–H groups in total. The number of rotatable bonds is 4. The van der Waals surface area contributed by atoms with E-state index < -0.39 is 0 Å². The van der Waals surface area contributed by atoms with Crippen molar-refractivity contribution in [1.82, 2.24) is 5.32 Å². The minimum Gasteiger partial charge on any atom is -0.349 e. The zero-order chi connectivity index (χ0) is 11.8. The molecule has 2 rings (SSSR count). The van der Waals surface area contributed by atoms with Crippen LogP contribution < -0.4 is 11.1 Å². The Morgan fingerprint density at radius 1 is 1.38 bits per heavy atom. The summed E-state index contributed by atoms with van der Waals surface area (Å²) in [6.07, 6.45) is 5.88. The minimum absolute atomic E-state index is 0.153. The Kier molecular flexibility index (Phi) is 3.24. The Morgan fingerprint density at radius 3 is 2.50 bits per heavy atom. The van der Waals surface area contributed by atoms with Crippen molar-refractivity contribution < 1.29 is 4.79 Å². The first-order chi connectivity index (χ1) is 7.57. The smallest absolute Gasteiger partial charge is 0.223 e. The summed E-state index contributed by atoms with van der Waals surface area (Å²) in [5, 5.41) is 3.21. The van der Waals surface area contributed by atoms with E-state index in [0.717, 1.165) is 6.42 Å². The third-order valence-corrected chi connectivity index (χ3v) is 4.51. The van der Waals surface area contributed by atoms with Crippen LogP contribution in [0.3, 0.4) is 0 Å². The molecule has 3 nitrogen and oxygen atoms in total. The van der Waals surface area contributed by atoms with Crippen molar-refractivity contribution in [3.63, 3.8) is 0 Å². The van der Waals surface area contributed by atoms with Crippen LogP contribution in [-0.4, -0.2) is 18.0 Å². The molecule has 2 fully saturated rings. The molecule has 0 heterocycles. The normalized spacial score (nSPS) is 33.4. The highest BCUT2D eigenvalue weighted by Gasteiger charge is 2.43. The molecule has 3 heteroatoms. The molecule has 3 atom stereocenters. The quantitative estimate of drug-likeness (QED) is 0.763. The summed E-state index contributed by atoms with van der Waals surface area (Å²) in [5.74, 6) is 1.62. The average Bonchev–Trinajstić information content (AvgIpc) is 3.02. The number of amides is 1. The highest BCUT2D eigenvalue weighted by molar-refractivity contribution is 5.80. The fourth-order valence-electron chi connectivity index (χ4n) is 2.95. The molecule has 2 aliphatic rings. The third-order valence-electron chi connectivity index (χ3n) is 4.51. The Hall–Kier alpha value is -0.570. The Balaban J connectivity index is 1.94. The number of carbonyl (C=O) groups excluding carboxylic acids is 1. The topological polar surface area (TPSA) is 55.1 Å². The number of carbonyl (C=O) groups is 1. The number of hydrogen-bond acceptors (Lipinski definition) is 2. The molecule has 0 aliphatic heterocycles. The van der Waals surface area contributed by atoms with Crippen molar-refractivity contribution in [2.24, 2.45) is 23.5 Å². The van der Waals surface area contributed by atoms with Gasteiger partial charge in [0.1, 0.15) is 0 Å². The van der Waals surface area contributed by atoms with Crippen molar-refractivity contribution in [3.05, 3.63) is 0 Å². The molecule has 16 heavy (non-hydrogen) atoms. The van der Waals surface area contributed by atoms with Crippen LogP contribution in [-0.2, 0) is 4.79 Å². The summed E-state index contributed by atoms with van der Waals surface area (Å²) in [7, 11) is 0. The van der Waals surface area contributed by atoms with Crippen LogP contribution in [0.2, 0.25) is 0 Å². The summed E-state index contributed by atoms with van der Waals surface area (Å²) in [6, 6.07) is 0. The number of nitrogens with two attached hydrogens (primary N) is 1. The fourth-order valence-corrected chi connectivity index (χ4v) is 2.95. The van der Waals surface area contributed by atoms with Gasteiger partial charge in [-0.3, -0.25) is 4.79 Å². The fraction of sp³-hybridized carbons (Fsp3) is 0.923. The van der Waals surface area contributed by atoms with Gasteiger partial charge in [0.05, 0.1) is 5.54 Å². The van der Waals surface area contributed by atoms with Crippen LogP contribution in [0, 0.1) is 17.8 Å². The summed E-state index contributed by atoms with van der Waals surface area (Å²) < 4.78 is 0. The minimum atomic E-state index is -0.153. The first-order valence-corrected chi connectivity index (χ1v) is 6.59. The second-order valence-electron chi connectivity index (χ2n) is 5.90. The van der Waals surface area contributed by atoms with E-state index in [-0.39, 0.29) is 17.4 Å². The molecule has 2 aliphatic carbocycles. The van der Waals surface area contributed by atoms with Gasteiger partial charge in [0.25, 0.3) is 0 Å². The van der Waals surface area contributed by atoms with E-state index in [9.17, 15) is 4.79 Å². The van der Waals surface area contributed by atoms with Crippen LogP contribution in [0.15, 0.2) is 0 Å². The average molecular weight is 224 g/mol. The van der Waals surface area contributed by atoms with E-state index in [0.29, 0.717) is 18.4 Å². The van der Waals surface area contributed by atoms with Crippen LogP contribution in [0.4, 0.5) is 0 Å². The monoisotopic (exact) mass is 224 g/mol. The van der Waals surface area contributed by atoms with Crippen molar-refractivity contribution >= 4 is 5.91 Å². The second-order valence-corrected chi connectivity index (χ2v) is 5.90. The van der Waals surface area contributed by atoms with Gasteiger partial charge >= 0.3 is 0 Å². The highest BCUT2D eigenvalue weighted by Crippen LogP contribution is 2.40. The largest absolute Gasteiger partial charge is 0.349 e. The molecular formula is C13H24N2O. The van der Waals surface area contributed by atoms with Crippen molar-refractivity contribution in [3.8, 4) is 0 Å². The van der Waals surface area contributed by atoms with E-state index in [4.69, 9.17) is 5.73 Å². The molecule has 3 unspecified atom stereocenters. The molecular weight excluding hydrogens is 200 g/mol. The molecule has 2 saturated carbocycles. The van der Waals surface area contributed by atoms with Crippen molar-refractivity contribution in [2.45, 2.75) is 51.5 Å². The summed E-state index contributed by atoms with van der Waals surface area (Å²) in [5.41, 5.74) is 5.66. The lowest BCUT2D eigenvalue weighted by Crippen LogP contribution is -2.54. The maximum Gasteiger partial charge on any atom is 0.223 e. The SMILES string of the molecule is CC1CCCC1C(=O)NC(C)(CN)C1CC1. The second kappa shape index (κ2) is 4.36. The third kappa shape index (κ3) is 2.24. The first-order valence-electron chi connectivity index (χ1n) is 6.59. The Morgan fingerprint density at radius 2 is 2.06 bits per heavy atom. The van der Waals surface area contributed by atoms with E-state index in [1.165, 1.54) is 25.7 Å². The number of nitrogens with one attached hydrogen (secondary N) is 1. The van der Waals surface area contributed by atoms with Gasteiger partial charge in [-0.2, -0.15) is 0 Å². The van der Waals surface area contributed by atoms with Gasteiger partial charge in [-0.25, -0.2) is 0 Å². The maximum atomic E-state index is 12.2. The van der Waals surface area contributed by atoms with E-state index in [2.05, 4.69) is 19.2 Å². The summed E-state index contributed by atoms with van der Waals surface area (Å²) in [6.45, 7) is 4.85. The molecule has 92 valence electrons. The Bertz CT molecular complexity index is 275. The lowest BCUT2D eigenvalue weighted by Gasteiger charge is -2.31. The van der Waals surface area contributed by atoms with E-state index >= 15 is 0 Å². The maximum absolute atomic E-state index is 12.2. The standard InChI is InChI=1S/C13H24N2O/c1-9-4-3-5-11(9)12(16)15-13(2,8-14)10-6-7-10/h9-11H,3-8,14H2,1-2H3,(H,15,16). The molecule has 0 aromatic carbocycles. The molecule has 0 aromatic rings. The van der Waals surface area contributed by atoms with Crippen molar-refractivity contribution in [2.75, 3.05) is 6.54 Å². The van der Waals surface area contributed by atoms with Gasteiger partial charge in [-0.1, -0.05) is 13.3 Å². The van der Waals surface area contributed by atoms with Crippen LogP contribution >= 0.6 is 0 Å². The Labute approximate surface area is 98.2 Å². The van der Waals surface area contributed by atoms with E-state index in [1.807, 2.05) is 0 Å². The zero-order valence-electron chi connectivity index (χ0n) is 10.5.